The van der Waals surface area contributed by atoms with Crippen molar-refractivity contribution >= 4 is 24.1 Å². The predicted octanol–water partition coefficient (Wildman–Crippen LogP) is 1.96. The molecule has 4 rings (SSSR count). The van der Waals surface area contributed by atoms with E-state index in [1.807, 2.05) is 0 Å². The molecule has 0 atom stereocenters. The minimum atomic E-state index is -0.532. The molecule has 1 aromatic rings. The molecule has 3 aliphatic rings. The van der Waals surface area contributed by atoms with E-state index < -0.39 is 5.91 Å². The maximum Gasteiger partial charge on any atom is 0.409 e. The molecule has 2 fully saturated rings. The highest BCUT2D eigenvalue weighted by atomic mass is 16.5. The summed E-state index contributed by atoms with van der Waals surface area (Å²) in [5, 5.41) is 13.8. The van der Waals surface area contributed by atoms with Gasteiger partial charge in [0.2, 0.25) is 0 Å². The number of likely N-dealkylation sites (tertiary alicyclic amines) is 1. The van der Waals surface area contributed by atoms with Crippen LogP contribution >= 0.6 is 0 Å². The fraction of sp³-hybridized carbons (Fsp3) is 0.385. The molecular weight excluding hydrogens is 478 g/mol. The summed E-state index contributed by atoms with van der Waals surface area (Å²) in [5.74, 6) is 0.175. The molecule has 0 radical (unpaired) electrons. The molecule has 1 aromatic carbocycles. The number of dihydropyridines is 1. The smallest absolute Gasteiger partial charge is 0.409 e. The molecule has 0 spiro atoms. The first-order valence-electron chi connectivity index (χ1n) is 12.1. The Labute approximate surface area is 214 Å². The third kappa shape index (κ3) is 6.29. The SMILES string of the molecule is COC(=O)N1CC(OC2=CN/C(=C(\C=N)C(=O)N[C@H]3CC[C@H](Oc4ccccc4C(N)=O)CC3)C=C2)C1. The average molecular weight is 510 g/mol. The highest BCUT2D eigenvalue weighted by molar-refractivity contribution is 6.12. The number of allylic oxidation sites excluding steroid dienone is 2. The van der Waals surface area contributed by atoms with Crippen molar-refractivity contribution in [1.29, 1.82) is 5.41 Å². The average Bonchev–Trinajstić information content (AvgIpc) is 2.88. The van der Waals surface area contributed by atoms with E-state index in [4.69, 9.17) is 20.6 Å². The second-order valence-corrected chi connectivity index (χ2v) is 9.04. The van der Waals surface area contributed by atoms with Crippen LogP contribution in [0.5, 0.6) is 5.75 Å². The van der Waals surface area contributed by atoms with Crippen LogP contribution < -0.4 is 21.1 Å². The summed E-state index contributed by atoms with van der Waals surface area (Å²) >= 11 is 0. The standard InChI is InChI=1S/C26H31N5O6/c1-35-26(34)31-14-19(15-31)36-18-10-11-22(29-13-18)21(12-27)25(33)30-16-6-8-17(9-7-16)37-23-5-3-2-4-20(23)24(28)32/h2-5,10-13,16-17,19,27,29H,6-9,14-15H2,1H3,(H2,28,32)(H,30,33)/b22-21+,27-12?/t16-,17-. The summed E-state index contributed by atoms with van der Waals surface area (Å²) in [7, 11) is 1.34. The molecule has 2 heterocycles. The summed E-state index contributed by atoms with van der Waals surface area (Å²) in [6.45, 7) is 0.888. The number of amides is 3. The molecular formula is C26H31N5O6. The highest BCUT2D eigenvalue weighted by Crippen LogP contribution is 2.26. The maximum atomic E-state index is 12.9. The van der Waals surface area contributed by atoms with Gasteiger partial charge < -0.3 is 40.9 Å². The van der Waals surface area contributed by atoms with Gasteiger partial charge in [0.05, 0.1) is 43.1 Å². The summed E-state index contributed by atoms with van der Waals surface area (Å²) < 4.78 is 16.5. The lowest BCUT2D eigenvalue weighted by Crippen LogP contribution is -2.54. The van der Waals surface area contributed by atoms with Gasteiger partial charge in [-0.3, -0.25) is 9.59 Å². The summed E-state index contributed by atoms with van der Waals surface area (Å²) in [4.78, 5) is 37.5. The Hall–Kier alpha value is -4.28. The van der Waals surface area contributed by atoms with Crippen LogP contribution in [0.15, 0.2) is 59.6 Å². The number of ether oxygens (including phenoxy) is 3. The lowest BCUT2D eigenvalue weighted by Gasteiger charge is -2.38. The van der Waals surface area contributed by atoms with Crippen molar-refractivity contribution < 1.29 is 28.6 Å². The Kier molecular flexibility index (Phi) is 8.11. The van der Waals surface area contributed by atoms with E-state index in [-0.39, 0.29) is 35.8 Å². The molecule has 196 valence electrons. The third-order valence-electron chi connectivity index (χ3n) is 6.50. The van der Waals surface area contributed by atoms with E-state index in [9.17, 15) is 14.4 Å². The molecule has 2 aliphatic heterocycles. The molecule has 0 bridgehead atoms. The number of methoxy groups -OCH3 is 1. The van der Waals surface area contributed by atoms with E-state index in [1.54, 1.807) is 42.6 Å². The van der Waals surface area contributed by atoms with E-state index in [0.29, 0.717) is 61.5 Å². The van der Waals surface area contributed by atoms with Crippen molar-refractivity contribution in [1.82, 2.24) is 15.5 Å². The van der Waals surface area contributed by atoms with E-state index >= 15 is 0 Å². The minimum absolute atomic E-state index is 0.0485. The minimum Gasteiger partial charge on any atom is -0.490 e. The normalized spacial score (nSPS) is 22.5. The first-order chi connectivity index (χ1) is 17.9. The zero-order valence-corrected chi connectivity index (χ0v) is 20.6. The maximum absolute atomic E-state index is 12.9. The number of nitrogens with two attached hydrogens (primary N) is 1. The van der Waals surface area contributed by atoms with Gasteiger partial charge in [-0.1, -0.05) is 12.1 Å². The van der Waals surface area contributed by atoms with Gasteiger partial charge in [-0.25, -0.2) is 4.79 Å². The molecule has 0 aromatic heterocycles. The summed E-state index contributed by atoms with van der Waals surface area (Å²) in [6.07, 6.45) is 8.32. The van der Waals surface area contributed by atoms with Crippen LogP contribution in [0.4, 0.5) is 4.79 Å². The van der Waals surface area contributed by atoms with Gasteiger partial charge in [-0.15, -0.1) is 0 Å². The quantitative estimate of drug-likeness (QED) is 0.308. The number of carbonyl (C=O) groups excluding carboxylic acids is 3. The number of nitrogens with one attached hydrogen (secondary N) is 3. The van der Waals surface area contributed by atoms with Gasteiger partial charge >= 0.3 is 6.09 Å². The van der Waals surface area contributed by atoms with Crippen LogP contribution in [0.1, 0.15) is 36.0 Å². The number of nitrogens with zero attached hydrogens (tertiary/aromatic N) is 1. The van der Waals surface area contributed by atoms with Crippen LogP contribution in [-0.2, 0) is 14.3 Å². The van der Waals surface area contributed by atoms with E-state index in [2.05, 4.69) is 15.4 Å². The predicted molar refractivity (Wildman–Crippen MR) is 135 cm³/mol. The first kappa shape index (κ1) is 25.8. The summed E-state index contributed by atoms with van der Waals surface area (Å²) in [5.41, 5.74) is 6.48. The van der Waals surface area contributed by atoms with E-state index in [1.165, 1.54) is 12.0 Å². The lowest BCUT2D eigenvalue weighted by atomic mass is 9.92. The van der Waals surface area contributed by atoms with Crippen molar-refractivity contribution in [2.75, 3.05) is 20.2 Å². The van der Waals surface area contributed by atoms with Crippen LogP contribution in [0.2, 0.25) is 0 Å². The van der Waals surface area contributed by atoms with E-state index in [0.717, 1.165) is 6.21 Å². The Balaban J connectivity index is 1.25. The fourth-order valence-electron chi connectivity index (χ4n) is 4.44. The molecule has 3 amide bonds. The molecule has 1 saturated carbocycles. The molecule has 5 N–H and O–H groups in total. The second kappa shape index (κ2) is 11.6. The van der Waals surface area contributed by atoms with Crippen LogP contribution in [0.25, 0.3) is 0 Å². The highest BCUT2D eigenvalue weighted by Gasteiger charge is 2.33. The molecule has 0 unspecified atom stereocenters. The number of rotatable bonds is 8. The van der Waals surface area contributed by atoms with Crippen LogP contribution in [0.3, 0.4) is 0 Å². The van der Waals surface area contributed by atoms with Gasteiger partial charge in [-0.05, 0) is 50.0 Å². The van der Waals surface area contributed by atoms with Gasteiger partial charge in [0, 0.05) is 18.5 Å². The first-order valence-corrected chi connectivity index (χ1v) is 12.1. The lowest BCUT2D eigenvalue weighted by molar-refractivity contribution is -0.118. The topological polar surface area (TPSA) is 156 Å². The molecule has 1 saturated heterocycles. The fourth-order valence-corrected chi connectivity index (χ4v) is 4.44. The van der Waals surface area contributed by atoms with Crippen LogP contribution in [-0.4, -0.2) is 67.5 Å². The van der Waals surface area contributed by atoms with Crippen molar-refractivity contribution in [2.24, 2.45) is 5.73 Å². The van der Waals surface area contributed by atoms with Gasteiger partial charge in [0.15, 0.2) is 0 Å². The van der Waals surface area contributed by atoms with Gasteiger partial charge in [0.1, 0.15) is 17.6 Å². The monoisotopic (exact) mass is 509 g/mol. The van der Waals surface area contributed by atoms with Crippen molar-refractivity contribution in [3.8, 4) is 5.75 Å². The Morgan fingerprint density at radius 1 is 1.08 bits per heavy atom. The third-order valence-corrected chi connectivity index (χ3v) is 6.50. The zero-order chi connectivity index (χ0) is 26.4. The second-order valence-electron chi connectivity index (χ2n) is 9.04. The number of carbonyl (C=O) groups is 3. The largest absolute Gasteiger partial charge is 0.490 e. The van der Waals surface area contributed by atoms with Gasteiger partial charge in [0.25, 0.3) is 11.8 Å². The Morgan fingerprint density at radius 2 is 1.81 bits per heavy atom. The number of para-hydroxylation sites is 1. The Bertz CT molecular complexity index is 1150. The molecule has 11 heteroatoms. The zero-order valence-electron chi connectivity index (χ0n) is 20.6. The van der Waals surface area contributed by atoms with Crippen molar-refractivity contribution in [3.05, 3.63) is 65.2 Å². The summed E-state index contributed by atoms with van der Waals surface area (Å²) in [6, 6.07) is 6.86. The number of hydrogen-bond acceptors (Lipinski definition) is 8. The Morgan fingerprint density at radius 3 is 2.43 bits per heavy atom. The van der Waals surface area contributed by atoms with Gasteiger partial charge in [-0.2, -0.15) is 0 Å². The van der Waals surface area contributed by atoms with Crippen molar-refractivity contribution in [3.63, 3.8) is 0 Å². The number of primary amides is 1. The number of hydrogen-bond donors (Lipinski definition) is 4. The molecule has 37 heavy (non-hydrogen) atoms. The van der Waals surface area contributed by atoms with Crippen LogP contribution in [0, 0.1) is 5.41 Å². The molecule has 11 nitrogen and oxygen atoms in total. The number of benzene rings is 1. The van der Waals surface area contributed by atoms with Crippen molar-refractivity contribution in [2.45, 2.75) is 43.9 Å². The molecule has 1 aliphatic carbocycles.